The number of nitrogens with one attached hydrogen (secondary N) is 2. The summed E-state index contributed by atoms with van der Waals surface area (Å²) in [6.07, 6.45) is 1.76. The molecule has 6 nitrogen and oxygen atoms in total. The van der Waals surface area contributed by atoms with Crippen molar-refractivity contribution in [2.24, 2.45) is 4.99 Å². The van der Waals surface area contributed by atoms with E-state index in [1.807, 2.05) is 37.3 Å². The van der Waals surface area contributed by atoms with Gasteiger partial charge in [-0.05, 0) is 25.5 Å². The molecule has 0 atom stereocenters. The van der Waals surface area contributed by atoms with Crippen molar-refractivity contribution in [1.29, 1.82) is 0 Å². The molecule has 0 bridgehead atoms. The molecule has 0 aliphatic heterocycles. The van der Waals surface area contributed by atoms with E-state index in [1.165, 1.54) is 6.26 Å². The van der Waals surface area contributed by atoms with Crippen molar-refractivity contribution in [2.75, 3.05) is 38.2 Å². The molecule has 22 heavy (non-hydrogen) atoms. The third-order valence-electron chi connectivity index (χ3n) is 2.69. The van der Waals surface area contributed by atoms with E-state index in [1.54, 1.807) is 0 Å². The molecule has 0 fully saturated rings. The normalized spacial score (nSPS) is 12.0. The minimum absolute atomic E-state index is 0.160. The quantitative estimate of drug-likeness (QED) is 0.403. The molecule has 1 aromatic rings. The number of guanidine groups is 1. The number of hydrogen-bond donors (Lipinski definition) is 2. The summed E-state index contributed by atoms with van der Waals surface area (Å²) in [6.45, 7) is 4.35. The van der Waals surface area contributed by atoms with E-state index >= 15 is 0 Å². The summed E-state index contributed by atoms with van der Waals surface area (Å²) in [5.41, 5.74) is 0. The first-order chi connectivity index (χ1) is 10.5. The smallest absolute Gasteiger partial charge is 0.191 e. The Labute approximate surface area is 132 Å². The van der Waals surface area contributed by atoms with Crippen LogP contribution in [0.25, 0.3) is 0 Å². The van der Waals surface area contributed by atoms with Crippen molar-refractivity contribution in [3.05, 3.63) is 30.3 Å². The van der Waals surface area contributed by atoms with E-state index in [4.69, 9.17) is 4.74 Å². The van der Waals surface area contributed by atoms with Crippen molar-refractivity contribution in [3.63, 3.8) is 0 Å². The summed E-state index contributed by atoms with van der Waals surface area (Å²) in [5.74, 6) is 1.67. The molecule has 0 aromatic heterocycles. The van der Waals surface area contributed by atoms with Crippen LogP contribution >= 0.6 is 0 Å². The molecule has 124 valence electrons. The highest BCUT2D eigenvalue weighted by molar-refractivity contribution is 7.90. The molecule has 0 radical (unpaired) electrons. The predicted octanol–water partition coefficient (Wildman–Crippen LogP) is 1.06. The fraction of sp³-hybridized carbons (Fsp3) is 0.533. The van der Waals surface area contributed by atoms with Crippen LogP contribution in [0.5, 0.6) is 5.75 Å². The van der Waals surface area contributed by atoms with E-state index in [-0.39, 0.29) is 5.75 Å². The molecule has 0 saturated heterocycles. The maximum Gasteiger partial charge on any atom is 0.191 e. The Kier molecular flexibility index (Phi) is 8.35. The van der Waals surface area contributed by atoms with Gasteiger partial charge in [0.1, 0.15) is 22.2 Å². The van der Waals surface area contributed by atoms with Gasteiger partial charge in [0.25, 0.3) is 0 Å². The van der Waals surface area contributed by atoms with Crippen LogP contribution < -0.4 is 15.4 Å². The van der Waals surface area contributed by atoms with Crippen LogP contribution in [0.1, 0.15) is 13.3 Å². The average Bonchev–Trinajstić information content (AvgIpc) is 2.48. The average molecular weight is 327 g/mol. The number of nitrogens with zero attached hydrogens (tertiary/aromatic N) is 1. The Bertz CT molecular complexity index is 544. The fourth-order valence-corrected chi connectivity index (χ4v) is 2.37. The molecule has 7 heteroatoms. The first-order valence-corrected chi connectivity index (χ1v) is 9.45. The lowest BCUT2D eigenvalue weighted by Gasteiger charge is -2.12. The first kappa shape index (κ1) is 18.3. The topological polar surface area (TPSA) is 79.8 Å². The van der Waals surface area contributed by atoms with Gasteiger partial charge < -0.3 is 15.4 Å². The van der Waals surface area contributed by atoms with E-state index in [2.05, 4.69) is 15.6 Å². The molecule has 2 N–H and O–H groups in total. The van der Waals surface area contributed by atoms with Crippen molar-refractivity contribution >= 4 is 15.8 Å². The summed E-state index contributed by atoms with van der Waals surface area (Å²) in [4.78, 5) is 4.34. The van der Waals surface area contributed by atoms with Crippen molar-refractivity contribution < 1.29 is 13.2 Å². The van der Waals surface area contributed by atoms with Crippen LogP contribution in [0.15, 0.2) is 35.3 Å². The molecule has 0 spiro atoms. The number of aliphatic imine (C=N–C) groups is 1. The number of benzene rings is 1. The van der Waals surface area contributed by atoms with Gasteiger partial charge in [-0.1, -0.05) is 18.2 Å². The molecule has 0 unspecified atom stereocenters. The van der Waals surface area contributed by atoms with E-state index in [0.717, 1.165) is 12.3 Å². The van der Waals surface area contributed by atoms with Crippen molar-refractivity contribution in [2.45, 2.75) is 13.3 Å². The summed E-state index contributed by atoms with van der Waals surface area (Å²) in [5, 5.41) is 6.27. The fourth-order valence-electron chi connectivity index (χ4n) is 1.71. The Morgan fingerprint density at radius 3 is 2.59 bits per heavy atom. The van der Waals surface area contributed by atoms with Gasteiger partial charge in [0.05, 0.1) is 12.3 Å². The number of hydrogen-bond acceptors (Lipinski definition) is 4. The highest BCUT2D eigenvalue weighted by Gasteiger charge is 2.01. The first-order valence-electron chi connectivity index (χ1n) is 7.39. The zero-order valence-corrected chi connectivity index (χ0v) is 14.0. The Morgan fingerprint density at radius 1 is 1.23 bits per heavy atom. The second-order valence-corrected chi connectivity index (χ2v) is 7.09. The standard InChI is InChI=1S/C15H25N3O3S/c1-3-16-15(17-10-7-13-22(2,19)20)18-11-12-21-14-8-5-4-6-9-14/h4-6,8-9H,3,7,10-13H2,1-2H3,(H2,16,17,18). The number of para-hydroxylation sites is 1. The summed E-state index contributed by atoms with van der Waals surface area (Å²) >= 11 is 0. The maximum atomic E-state index is 11.1. The van der Waals surface area contributed by atoms with Crippen LogP contribution in [-0.2, 0) is 9.84 Å². The molecule has 0 heterocycles. The molecule has 0 aliphatic rings. The molecule has 1 rings (SSSR count). The van der Waals surface area contributed by atoms with Gasteiger partial charge in [-0.2, -0.15) is 0 Å². The number of rotatable bonds is 9. The van der Waals surface area contributed by atoms with E-state index in [9.17, 15) is 8.42 Å². The zero-order chi connectivity index (χ0) is 16.3. The molecular formula is C15H25N3O3S. The Hall–Kier alpha value is -1.76. The van der Waals surface area contributed by atoms with Gasteiger partial charge in [0, 0.05) is 19.3 Å². The highest BCUT2D eigenvalue weighted by atomic mass is 32.2. The third kappa shape index (κ3) is 9.23. The second kappa shape index (κ2) is 10.0. The van der Waals surface area contributed by atoms with Gasteiger partial charge in [-0.3, -0.25) is 4.99 Å². The van der Waals surface area contributed by atoms with Gasteiger partial charge in [-0.15, -0.1) is 0 Å². The van der Waals surface area contributed by atoms with Crippen LogP contribution in [0.3, 0.4) is 0 Å². The second-order valence-electron chi connectivity index (χ2n) is 4.83. The van der Waals surface area contributed by atoms with Crippen LogP contribution in [0, 0.1) is 0 Å². The van der Waals surface area contributed by atoms with Crippen LogP contribution in [0.2, 0.25) is 0 Å². The Morgan fingerprint density at radius 2 is 1.95 bits per heavy atom. The number of sulfone groups is 1. The molecular weight excluding hydrogens is 302 g/mol. The Balaban J connectivity index is 2.27. The molecule has 0 amide bonds. The van der Waals surface area contributed by atoms with E-state index in [0.29, 0.717) is 32.1 Å². The molecule has 0 saturated carbocycles. The molecule has 1 aromatic carbocycles. The monoisotopic (exact) mass is 327 g/mol. The lowest BCUT2D eigenvalue weighted by atomic mass is 10.3. The molecule has 0 aliphatic carbocycles. The van der Waals surface area contributed by atoms with E-state index < -0.39 is 9.84 Å². The predicted molar refractivity (Wildman–Crippen MR) is 90.2 cm³/mol. The maximum absolute atomic E-state index is 11.1. The number of ether oxygens (including phenoxy) is 1. The lowest BCUT2D eigenvalue weighted by Crippen LogP contribution is -2.39. The largest absolute Gasteiger partial charge is 0.492 e. The van der Waals surface area contributed by atoms with Crippen LogP contribution in [-0.4, -0.2) is 52.6 Å². The minimum Gasteiger partial charge on any atom is -0.492 e. The van der Waals surface area contributed by atoms with Crippen molar-refractivity contribution in [1.82, 2.24) is 10.6 Å². The summed E-state index contributed by atoms with van der Waals surface area (Å²) < 4.78 is 27.7. The van der Waals surface area contributed by atoms with Gasteiger partial charge >= 0.3 is 0 Å². The lowest BCUT2D eigenvalue weighted by molar-refractivity contribution is 0.322. The van der Waals surface area contributed by atoms with Gasteiger partial charge in [-0.25, -0.2) is 8.42 Å². The zero-order valence-electron chi connectivity index (χ0n) is 13.2. The SMILES string of the molecule is CCNC(=NCCCS(C)(=O)=O)NCCOc1ccccc1. The minimum atomic E-state index is -2.92. The van der Waals surface area contributed by atoms with Gasteiger partial charge in [0.2, 0.25) is 0 Å². The van der Waals surface area contributed by atoms with Crippen molar-refractivity contribution in [3.8, 4) is 5.75 Å². The highest BCUT2D eigenvalue weighted by Crippen LogP contribution is 2.07. The van der Waals surface area contributed by atoms with Crippen LogP contribution in [0.4, 0.5) is 0 Å². The van der Waals surface area contributed by atoms with Gasteiger partial charge in [0.15, 0.2) is 5.96 Å². The third-order valence-corrected chi connectivity index (χ3v) is 3.72. The summed E-state index contributed by atoms with van der Waals surface area (Å²) in [6, 6.07) is 9.61. The summed E-state index contributed by atoms with van der Waals surface area (Å²) in [7, 11) is -2.92.